The van der Waals surface area contributed by atoms with Gasteiger partial charge in [0.2, 0.25) is 17.6 Å². The van der Waals surface area contributed by atoms with Gasteiger partial charge in [-0.25, -0.2) is 17.9 Å². The number of Topliss-reactive ketones (excluding diaryl/α,β-unsaturated/α-hetero) is 1. The van der Waals surface area contributed by atoms with E-state index in [1.165, 1.54) is 53.9 Å². The molecule has 19 heteroatoms. The van der Waals surface area contributed by atoms with Gasteiger partial charge in [0, 0.05) is 31.3 Å². The first-order valence-electron chi connectivity index (χ1n) is 18.0. The molecule has 4 rings (SSSR count). The van der Waals surface area contributed by atoms with E-state index in [1.54, 1.807) is 0 Å². The minimum atomic E-state index is -3.52. The fraction of sp³-hybridized carbons (Fsp3) is 0.600. The number of carboxylic acid groups (broad SMARTS) is 1. The van der Waals surface area contributed by atoms with Crippen molar-refractivity contribution in [3.63, 3.8) is 0 Å². The number of aromatic nitrogens is 3. The largest absolute Gasteiger partial charge is 0.465 e. The number of carbonyl (C=O) groups is 6. The molecule has 2 heterocycles. The molecule has 2 aromatic rings. The second kappa shape index (κ2) is 17.9. The number of nitrogens with one attached hydrogen (secondary N) is 3. The molecule has 2 fully saturated rings. The third-order valence-electron chi connectivity index (χ3n) is 9.93. The van der Waals surface area contributed by atoms with Crippen molar-refractivity contribution in [3.05, 3.63) is 41.7 Å². The number of benzene rings is 1. The molecule has 1 aromatic heterocycles. The quantitative estimate of drug-likeness (QED) is 0.0962. The number of likely N-dealkylation sites (tertiary alicyclic amines) is 1. The highest BCUT2D eigenvalue weighted by Gasteiger charge is 2.45. The Hall–Kier alpha value is -4.91. The summed E-state index contributed by atoms with van der Waals surface area (Å²) in [5, 5.41) is 35.4. The van der Waals surface area contributed by atoms with Crippen LogP contribution in [-0.2, 0) is 34.6 Å². The minimum Gasteiger partial charge on any atom is -0.465 e. The number of rotatable bonds is 17. The molecule has 1 aromatic carbocycles. The number of primary amides is 1. The standard InChI is InChI=1S/C35H50N8O10S/c1-35(2,51)28-19-38-41-43(28)23-18-27(32(47)39-25(29(44)30(36)45)11-7-8-16-37-34(49)50)42(20-23)33(48)26(17-21-9-5-4-6-10-21)40-31(46)22-12-14-24(15-13-22)54(3,52)53/h12-15,19,21,23,25-27,37,51H,4-11,16-18,20H2,1-3H3,(H2,36,45)(H,39,47)(H,40,46)(H,49,50)/t23-,25?,26+,27-/m0/s1. The fourth-order valence-corrected chi connectivity index (χ4v) is 7.72. The first kappa shape index (κ1) is 41.8. The summed E-state index contributed by atoms with van der Waals surface area (Å²) in [5.74, 6) is -4.21. The number of sulfone groups is 1. The average Bonchev–Trinajstić information content (AvgIpc) is 3.79. The fourth-order valence-electron chi connectivity index (χ4n) is 7.08. The monoisotopic (exact) mass is 774 g/mol. The summed E-state index contributed by atoms with van der Waals surface area (Å²) in [4.78, 5) is 79.3. The molecule has 1 saturated carbocycles. The highest BCUT2D eigenvalue weighted by molar-refractivity contribution is 7.90. The lowest BCUT2D eigenvalue weighted by atomic mass is 9.84. The first-order valence-corrected chi connectivity index (χ1v) is 19.9. The summed E-state index contributed by atoms with van der Waals surface area (Å²) in [6.45, 7) is 3.06. The molecule has 1 aliphatic heterocycles. The minimum absolute atomic E-state index is 0.0226. The molecule has 296 valence electrons. The number of carbonyl (C=O) groups excluding carboxylic acids is 5. The van der Waals surface area contributed by atoms with Gasteiger partial charge in [0.1, 0.15) is 17.7 Å². The maximum atomic E-state index is 14.7. The van der Waals surface area contributed by atoms with Crippen LogP contribution in [0.15, 0.2) is 35.4 Å². The van der Waals surface area contributed by atoms with Crippen LogP contribution in [0.5, 0.6) is 0 Å². The molecule has 1 aliphatic carbocycles. The zero-order valence-electron chi connectivity index (χ0n) is 30.7. The van der Waals surface area contributed by atoms with Crippen LogP contribution >= 0.6 is 0 Å². The van der Waals surface area contributed by atoms with Crippen LogP contribution in [0, 0.1) is 5.92 Å². The van der Waals surface area contributed by atoms with E-state index in [1.807, 2.05) is 0 Å². The third-order valence-corrected chi connectivity index (χ3v) is 11.1. The smallest absolute Gasteiger partial charge is 0.404 e. The van der Waals surface area contributed by atoms with Gasteiger partial charge < -0.3 is 36.8 Å². The number of ketones is 1. The highest BCUT2D eigenvalue weighted by atomic mass is 32.2. The number of hydrogen-bond acceptors (Lipinski definition) is 11. The van der Waals surface area contributed by atoms with Gasteiger partial charge in [0.25, 0.3) is 11.8 Å². The summed E-state index contributed by atoms with van der Waals surface area (Å²) in [6, 6.07) is 0.963. The summed E-state index contributed by atoms with van der Waals surface area (Å²) < 4.78 is 25.4. The predicted octanol–water partition coefficient (Wildman–Crippen LogP) is 0.797. The second-order valence-corrected chi connectivity index (χ2v) is 16.6. The van der Waals surface area contributed by atoms with Gasteiger partial charge in [-0.1, -0.05) is 37.3 Å². The summed E-state index contributed by atoms with van der Waals surface area (Å²) in [5.41, 5.74) is 4.36. The molecule has 0 radical (unpaired) electrons. The first-order chi connectivity index (χ1) is 25.4. The van der Waals surface area contributed by atoms with Crippen LogP contribution in [0.4, 0.5) is 4.79 Å². The number of unbranched alkanes of at least 4 members (excludes halogenated alkanes) is 1. The van der Waals surface area contributed by atoms with Crippen LogP contribution in [0.2, 0.25) is 0 Å². The Morgan fingerprint density at radius 1 is 1.00 bits per heavy atom. The second-order valence-electron chi connectivity index (χ2n) is 14.6. The van der Waals surface area contributed by atoms with Gasteiger partial charge in [-0.3, -0.25) is 24.0 Å². The van der Waals surface area contributed by atoms with Crippen LogP contribution < -0.4 is 21.7 Å². The maximum Gasteiger partial charge on any atom is 0.404 e. The van der Waals surface area contributed by atoms with Crippen LogP contribution in [-0.4, -0.2) is 112 Å². The molecule has 2 aliphatic rings. The van der Waals surface area contributed by atoms with E-state index in [9.17, 15) is 42.3 Å². The Morgan fingerprint density at radius 2 is 1.67 bits per heavy atom. The summed E-state index contributed by atoms with van der Waals surface area (Å²) >= 11 is 0. The molecule has 1 unspecified atom stereocenters. The van der Waals surface area contributed by atoms with Gasteiger partial charge in [-0.2, -0.15) is 0 Å². The molecule has 0 bridgehead atoms. The Labute approximate surface area is 313 Å². The van der Waals surface area contributed by atoms with E-state index in [0.717, 1.165) is 38.4 Å². The van der Waals surface area contributed by atoms with E-state index in [4.69, 9.17) is 10.8 Å². The molecule has 54 heavy (non-hydrogen) atoms. The molecule has 1 saturated heterocycles. The maximum absolute atomic E-state index is 14.7. The molecular formula is C35H50N8O10S. The van der Waals surface area contributed by atoms with Crippen molar-refractivity contribution < 1.29 is 47.4 Å². The van der Waals surface area contributed by atoms with Gasteiger partial charge in [-0.05, 0) is 69.7 Å². The Balaban J connectivity index is 1.65. The number of hydrogen-bond donors (Lipinski definition) is 6. The zero-order chi connectivity index (χ0) is 39.8. The summed E-state index contributed by atoms with van der Waals surface area (Å²) in [6.07, 6.45) is 6.58. The Kier molecular flexibility index (Phi) is 13.9. The van der Waals surface area contributed by atoms with Crippen LogP contribution in [0.3, 0.4) is 0 Å². The van der Waals surface area contributed by atoms with Gasteiger partial charge in [0.15, 0.2) is 9.84 Å². The van der Waals surface area contributed by atoms with E-state index < -0.39 is 75.1 Å². The SMILES string of the molecule is CC(C)(O)c1cnnn1[C@H]1C[C@@H](C(=O)NC(CCCCNC(=O)O)C(=O)C(N)=O)N(C(=O)[C@@H](CC2CCCCC2)NC(=O)c2ccc(S(C)(=O)=O)cc2)C1. The number of nitrogens with two attached hydrogens (primary N) is 1. The molecule has 18 nitrogen and oxygen atoms in total. The van der Waals surface area contributed by atoms with Crippen molar-refractivity contribution in [2.24, 2.45) is 11.7 Å². The van der Waals surface area contributed by atoms with E-state index >= 15 is 0 Å². The normalized spacial score (nSPS) is 19.1. The van der Waals surface area contributed by atoms with Crippen LogP contribution in [0.25, 0.3) is 0 Å². The predicted molar refractivity (Wildman–Crippen MR) is 192 cm³/mol. The van der Waals surface area contributed by atoms with Crippen molar-refractivity contribution in [1.29, 1.82) is 0 Å². The number of amides is 5. The van der Waals surface area contributed by atoms with E-state index in [-0.39, 0.29) is 55.1 Å². The number of nitrogens with zero attached hydrogens (tertiary/aromatic N) is 4. The number of aliphatic hydroxyl groups is 1. The highest BCUT2D eigenvalue weighted by Crippen LogP contribution is 2.33. The average molecular weight is 775 g/mol. The topological polar surface area (TPSA) is 273 Å². The van der Waals surface area contributed by atoms with Crippen molar-refractivity contribution >= 4 is 45.3 Å². The lowest BCUT2D eigenvalue weighted by molar-refractivity contribution is -0.142. The van der Waals surface area contributed by atoms with E-state index in [0.29, 0.717) is 12.1 Å². The zero-order valence-corrected chi connectivity index (χ0v) is 31.5. The van der Waals surface area contributed by atoms with Crippen molar-refractivity contribution in [2.75, 3.05) is 19.3 Å². The van der Waals surface area contributed by atoms with Crippen molar-refractivity contribution in [1.82, 2.24) is 35.8 Å². The Bertz CT molecular complexity index is 1800. The van der Waals surface area contributed by atoms with Gasteiger partial charge in [-0.15, -0.1) is 5.10 Å². The lowest BCUT2D eigenvalue weighted by Crippen LogP contribution is -2.56. The van der Waals surface area contributed by atoms with Gasteiger partial charge >= 0.3 is 6.09 Å². The van der Waals surface area contributed by atoms with Crippen molar-refractivity contribution in [2.45, 2.75) is 113 Å². The molecular weight excluding hydrogens is 724 g/mol. The van der Waals surface area contributed by atoms with Crippen molar-refractivity contribution in [3.8, 4) is 0 Å². The third kappa shape index (κ3) is 11.1. The molecule has 7 N–H and O–H groups in total. The van der Waals surface area contributed by atoms with E-state index in [2.05, 4.69) is 26.3 Å². The Morgan fingerprint density at radius 3 is 2.26 bits per heavy atom. The summed E-state index contributed by atoms with van der Waals surface area (Å²) in [7, 11) is -3.52. The molecule has 0 spiro atoms. The lowest BCUT2D eigenvalue weighted by Gasteiger charge is -2.32. The molecule has 5 amide bonds. The van der Waals surface area contributed by atoms with Crippen LogP contribution in [0.1, 0.15) is 100 Å². The van der Waals surface area contributed by atoms with Gasteiger partial charge in [0.05, 0.1) is 28.9 Å². The molecule has 4 atom stereocenters.